The number of aryl methyl sites for hydroxylation is 3. The molecule has 3 aliphatic rings. The average Bonchev–Trinajstić information content (AvgIpc) is 3.92. The molecule has 8 bridgehead atoms. The van der Waals surface area contributed by atoms with Crippen LogP contribution < -0.4 is 5.32 Å². The largest absolute Gasteiger partial charge is 0.458 e. The van der Waals surface area contributed by atoms with Crippen LogP contribution in [0.5, 0.6) is 0 Å². The summed E-state index contributed by atoms with van der Waals surface area (Å²) in [6, 6.07) is 6.40. The molecule has 0 aromatic carbocycles. The lowest BCUT2D eigenvalue weighted by Crippen LogP contribution is -2.57. The van der Waals surface area contributed by atoms with E-state index in [0.29, 0.717) is 26.0 Å². The molecule has 1 fully saturated rings. The van der Waals surface area contributed by atoms with Crippen LogP contribution >= 0.6 is 0 Å². The maximum atomic E-state index is 13.2. The minimum Gasteiger partial charge on any atom is -0.458 e. The van der Waals surface area contributed by atoms with Crippen LogP contribution in [0.1, 0.15) is 118 Å². The molecular formula is C48H61N5O8. The number of carbonyl (C=O) groups is 3. The van der Waals surface area contributed by atoms with E-state index in [0.717, 1.165) is 84.7 Å². The van der Waals surface area contributed by atoms with Crippen molar-refractivity contribution in [3.63, 3.8) is 0 Å². The number of allylic oxidation sites excluding steroid dienone is 3. The van der Waals surface area contributed by atoms with Crippen molar-refractivity contribution in [2.24, 2.45) is 5.92 Å². The fourth-order valence-electron chi connectivity index (χ4n) is 8.52. The van der Waals surface area contributed by atoms with Crippen LogP contribution in [0, 0.1) is 26.7 Å². The van der Waals surface area contributed by atoms with Gasteiger partial charge >= 0.3 is 11.9 Å². The van der Waals surface area contributed by atoms with Gasteiger partial charge in [0.2, 0.25) is 5.91 Å². The van der Waals surface area contributed by atoms with Crippen LogP contribution in [0.3, 0.4) is 0 Å². The first-order valence-electron chi connectivity index (χ1n) is 21.4. The number of aromatic nitrogens is 4. The highest BCUT2D eigenvalue weighted by Crippen LogP contribution is 2.37. The Kier molecular flexibility index (Phi) is 14.5. The molecule has 326 valence electrons. The molecule has 5 atom stereocenters. The van der Waals surface area contributed by atoms with Gasteiger partial charge in [0, 0.05) is 65.9 Å². The van der Waals surface area contributed by atoms with Crippen molar-refractivity contribution < 1.29 is 38.1 Å². The zero-order chi connectivity index (χ0) is 44.1. The molecule has 13 nitrogen and oxygen atoms in total. The summed E-state index contributed by atoms with van der Waals surface area (Å²) in [5.74, 6) is -1.44. The van der Waals surface area contributed by atoms with E-state index < -0.39 is 42.5 Å². The van der Waals surface area contributed by atoms with Gasteiger partial charge in [-0.15, -0.1) is 0 Å². The summed E-state index contributed by atoms with van der Waals surface area (Å²) < 4.78 is 28.9. The number of rotatable bonds is 15. The third kappa shape index (κ3) is 9.90. The summed E-state index contributed by atoms with van der Waals surface area (Å²) in [6.45, 7) is 24.2. The standard InChI is InChI=1S/C48H61N5O8/c1-12-33-27(6)39-24-42-34(13-2)26(5)38(51-42)23-40-28(7)35(45(53-40)29(8)37-21-25(4)36(50-37)22-41(33)52-39)15-16-44(56)49-17-18-57-19-20-58-48-30(9)46(59-31(10)54)47(60-32(11)55)43(14-3)61-48/h13,21-24,30,43,46-48,51-52H,2,12,14-20H2,1,3-11H3,(H,49,56)/t30-,43-,46-,47-,48-/m1/s1. The van der Waals surface area contributed by atoms with Gasteiger partial charge in [0.1, 0.15) is 12.2 Å². The van der Waals surface area contributed by atoms with Crippen molar-refractivity contribution in [1.29, 1.82) is 0 Å². The Balaban J connectivity index is 1.13. The van der Waals surface area contributed by atoms with Gasteiger partial charge in [-0.25, -0.2) is 9.97 Å². The fourth-order valence-corrected chi connectivity index (χ4v) is 8.52. The van der Waals surface area contributed by atoms with Crippen molar-refractivity contribution in [2.75, 3.05) is 26.4 Å². The normalized spacial score (nSPS) is 20.0. The maximum absolute atomic E-state index is 13.2. The van der Waals surface area contributed by atoms with Gasteiger partial charge in [0.25, 0.3) is 0 Å². The van der Waals surface area contributed by atoms with Gasteiger partial charge in [0.05, 0.1) is 42.6 Å². The number of ether oxygens (including phenoxy) is 5. The van der Waals surface area contributed by atoms with E-state index in [1.54, 1.807) is 0 Å². The Hall–Kier alpha value is -5.37. The van der Waals surface area contributed by atoms with E-state index in [2.05, 4.69) is 87.7 Å². The Bertz CT molecular complexity index is 2420. The number of fused-ring (bicyclic) bond motifs is 8. The molecule has 61 heavy (non-hydrogen) atoms. The lowest BCUT2D eigenvalue weighted by Gasteiger charge is -2.43. The van der Waals surface area contributed by atoms with Crippen molar-refractivity contribution in [3.05, 3.63) is 75.4 Å². The summed E-state index contributed by atoms with van der Waals surface area (Å²) in [6.07, 6.45) is 3.56. The molecule has 1 amide bonds. The third-order valence-electron chi connectivity index (χ3n) is 12.0. The second kappa shape index (κ2) is 19.6. The third-order valence-corrected chi connectivity index (χ3v) is 12.0. The molecule has 0 radical (unpaired) electrons. The van der Waals surface area contributed by atoms with E-state index >= 15 is 0 Å². The summed E-state index contributed by atoms with van der Waals surface area (Å²) in [7, 11) is 0. The van der Waals surface area contributed by atoms with Crippen LogP contribution in [-0.4, -0.2) is 88.7 Å². The van der Waals surface area contributed by atoms with E-state index in [4.69, 9.17) is 33.7 Å². The van der Waals surface area contributed by atoms with E-state index in [1.165, 1.54) is 25.0 Å². The Morgan fingerprint density at radius 3 is 2.23 bits per heavy atom. The zero-order valence-corrected chi connectivity index (χ0v) is 37.3. The highest BCUT2D eigenvalue weighted by atomic mass is 16.7. The van der Waals surface area contributed by atoms with Gasteiger partial charge in [-0.2, -0.15) is 0 Å². The highest BCUT2D eigenvalue weighted by Gasteiger charge is 2.47. The summed E-state index contributed by atoms with van der Waals surface area (Å²) in [5.41, 5.74) is 16.1. The first-order valence-corrected chi connectivity index (χ1v) is 21.4. The number of amides is 1. The Morgan fingerprint density at radius 1 is 0.852 bits per heavy atom. The second-order valence-electron chi connectivity index (χ2n) is 16.1. The molecule has 3 aromatic heterocycles. The smallest absolute Gasteiger partial charge is 0.303 e. The van der Waals surface area contributed by atoms with Crippen molar-refractivity contribution in [1.82, 2.24) is 25.3 Å². The molecule has 0 unspecified atom stereocenters. The Morgan fingerprint density at radius 2 is 1.54 bits per heavy atom. The number of aromatic amines is 2. The topological polar surface area (TPSA) is 167 Å². The Labute approximate surface area is 358 Å². The number of hydrogen-bond donors (Lipinski definition) is 3. The van der Waals surface area contributed by atoms with E-state index in [9.17, 15) is 14.4 Å². The molecule has 6 rings (SSSR count). The molecule has 6 heterocycles. The molecule has 0 spiro atoms. The number of esters is 2. The number of carbonyl (C=O) groups excluding carboxylic acids is 3. The van der Waals surface area contributed by atoms with Crippen LogP contribution in [-0.2, 0) is 44.5 Å². The second-order valence-corrected chi connectivity index (χ2v) is 16.1. The molecule has 3 aliphatic heterocycles. The van der Waals surface area contributed by atoms with E-state index in [1.807, 2.05) is 19.9 Å². The summed E-state index contributed by atoms with van der Waals surface area (Å²) >= 11 is 0. The molecule has 0 saturated carbocycles. The van der Waals surface area contributed by atoms with Gasteiger partial charge < -0.3 is 39.0 Å². The summed E-state index contributed by atoms with van der Waals surface area (Å²) in [5, 5.41) is 2.99. The van der Waals surface area contributed by atoms with Gasteiger partial charge in [0.15, 0.2) is 12.4 Å². The highest BCUT2D eigenvalue weighted by molar-refractivity contribution is 5.96. The van der Waals surface area contributed by atoms with Gasteiger partial charge in [-0.05, 0) is 112 Å². The van der Waals surface area contributed by atoms with Crippen LogP contribution in [0.25, 0.3) is 50.9 Å². The zero-order valence-electron chi connectivity index (χ0n) is 37.3. The molecule has 1 saturated heterocycles. The molecule has 3 aromatic rings. The minimum atomic E-state index is -0.730. The number of nitrogens with zero attached hydrogens (tertiary/aromatic N) is 2. The van der Waals surface area contributed by atoms with Crippen molar-refractivity contribution in [2.45, 2.75) is 120 Å². The maximum Gasteiger partial charge on any atom is 0.303 e. The summed E-state index contributed by atoms with van der Waals surface area (Å²) in [4.78, 5) is 54.5. The average molecular weight is 836 g/mol. The molecule has 0 aliphatic carbocycles. The van der Waals surface area contributed by atoms with Crippen LogP contribution in [0.2, 0.25) is 0 Å². The monoisotopic (exact) mass is 835 g/mol. The molecular weight excluding hydrogens is 775 g/mol. The molecule has 13 heteroatoms. The van der Waals surface area contributed by atoms with Crippen LogP contribution in [0.4, 0.5) is 0 Å². The van der Waals surface area contributed by atoms with Crippen LogP contribution in [0.15, 0.2) is 24.8 Å². The van der Waals surface area contributed by atoms with Crippen molar-refractivity contribution in [3.8, 4) is 0 Å². The first kappa shape index (κ1) is 45.2. The lowest BCUT2D eigenvalue weighted by molar-refractivity contribution is -0.285. The van der Waals surface area contributed by atoms with Gasteiger partial charge in [-0.1, -0.05) is 33.4 Å². The predicted molar refractivity (Wildman–Crippen MR) is 239 cm³/mol. The lowest BCUT2D eigenvalue weighted by atomic mass is 9.90. The van der Waals surface area contributed by atoms with Gasteiger partial charge in [-0.3, -0.25) is 14.4 Å². The predicted octanol–water partition coefficient (Wildman–Crippen LogP) is 8.50. The number of H-pyrrole nitrogens is 2. The first-order chi connectivity index (χ1) is 29.1. The fraction of sp³-hybridized carbons (Fsp3) is 0.479. The number of nitrogens with one attached hydrogen (secondary N) is 3. The number of hydrogen-bond acceptors (Lipinski definition) is 10. The van der Waals surface area contributed by atoms with E-state index in [-0.39, 0.29) is 25.5 Å². The minimum absolute atomic E-state index is 0.0933. The molecule has 3 N–H and O–H groups in total. The quantitative estimate of drug-likeness (QED) is 0.0998. The van der Waals surface area contributed by atoms with Crippen molar-refractivity contribution >= 4 is 68.8 Å². The SMILES string of the molecule is C=Cc1c(C)c2cc3nc(c(C)c4nc(cc5[nH]c(cc1[nH]2)c(C)c5CC)C(C)=C4)C(CCC(=O)NCCOCCO[C@@H]1O[C@H](CC)[C@@H](OC(C)=O)[C@H](OC(C)=O)[C@H]1C)=C3C.